The highest BCUT2D eigenvalue weighted by molar-refractivity contribution is 7.15. The summed E-state index contributed by atoms with van der Waals surface area (Å²) in [4.78, 5) is 18.2. The summed E-state index contributed by atoms with van der Waals surface area (Å²) in [6, 6.07) is 7.73. The molecular formula is C20H17ClN4O2S. The van der Waals surface area contributed by atoms with E-state index in [1.54, 1.807) is 11.3 Å². The van der Waals surface area contributed by atoms with Crippen LogP contribution in [0.1, 0.15) is 33.2 Å². The van der Waals surface area contributed by atoms with Crippen LogP contribution in [-0.2, 0) is 28.9 Å². The Bertz CT molecular complexity index is 1150. The van der Waals surface area contributed by atoms with E-state index in [2.05, 4.69) is 14.8 Å². The smallest absolute Gasteiger partial charge is 0.309 e. The zero-order valence-corrected chi connectivity index (χ0v) is 17.0. The third-order valence-corrected chi connectivity index (χ3v) is 6.90. The summed E-state index contributed by atoms with van der Waals surface area (Å²) in [5.41, 5.74) is 3.95. The molecule has 8 heteroatoms. The second-order valence-electron chi connectivity index (χ2n) is 6.96. The van der Waals surface area contributed by atoms with Gasteiger partial charge in [0, 0.05) is 21.0 Å². The Balaban J connectivity index is 1.74. The van der Waals surface area contributed by atoms with Crippen LogP contribution in [0.5, 0.6) is 0 Å². The van der Waals surface area contributed by atoms with E-state index in [1.165, 1.54) is 12.0 Å². The molecule has 28 heavy (non-hydrogen) atoms. The number of methoxy groups -OCH3 is 1. The molecule has 0 spiro atoms. The van der Waals surface area contributed by atoms with E-state index < -0.39 is 0 Å². The number of ether oxygens (including phenoxy) is 1. The highest BCUT2D eigenvalue weighted by Gasteiger charge is 2.37. The van der Waals surface area contributed by atoms with Gasteiger partial charge in [-0.3, -0.25) is 14.4 Å². The summed E-state index contributed by atoms with van der Waals surface area (Å²) in [6.45, 7) is 2.38. The van der Waals surface area contributed by atoms with Gasteiger partial charge in [-0.15, -0.1) is 21.5 Å². The first-order valence-electron chi connectivity index (χ1n) is 9.01. The van der Waals surface area contributed by atoms with Crippen LogP contribution in [0, 0.1) is 12.8 Å². The molecule has 1 unspecified atom stereocenters. The van der Waals surface area contributed by atoms with Crippen LogP contribution in [0.25, 0.3) is 5.00 Å². The van der Waals surface area contributed by atoms with E-state index in [0.29, 0.717) is 24.4 Å². The molecule has 3 heterocycles. The zero-order valence-electron chi connectivity index (χ0n) is 15.4. The molecule has 0 saturated carbocycles. The number of benzene rings is 1. The molecule has 0 fully saturated rings. The number of nitrogens with zero attached hydrogens (tertiary/aromatic N) is 4. The predicted octanol–water partition coefficient (Wildman–Crippen LogP) is 3.53. The summed E-state index contributed by atoms with van der Waals surface area (Å²) in [5, 5.41) is 10.3. The van der Waals surface area contributed by atoms with Crippen LogP contribution >= 0.6 is 22.9 Å². The van der Waals surface area contributed by atoms with Crippen molar-refractivity contribution in [1.82, 2.24) is 14.8 Å². The quantitative estimate of drug-likeness (QED) is 0.604. The number of fused-ring (bicyclic) bond motifs is 5. The van der Waals surface area contributed by atoms with E-state index in [0.717, 1.165) is 39.1 Å². The lowest BCUT2D eigenvalue weighted by molar-refractivity contribution is -0.145. The molecule has 142 valence electrons. The average molecular weight is 413 g/mol. The van der Waals surface area contributed by atoms with Crippen molar-refractivity contribution in [3.8, 4) is 5.00 Å². The number of esters is 1. The summed E-state index contributed by atoms with van der Waals surface area (Å²) < 4.78 is 7.07. The molecule has 1 aliphatic carbocycles. The topological polar surface area (TPSA) is 69.4 Å². The molecule has 5 rings (SSSR count). The minimum Gasteiger partial charge on any atom is -0.469 e. The molecule has 2 aliphatic rings. The van der Waals surface area contributed by atoms with Crippen LogP contribution in [-0.4, -0.2) is 33.6 Å². The maximum absolute atomic E-state index is 12.1. The highest BCUT2D eigenvalue weighted by atomic mass is 35.5. The van der Waals surface area contributed by atoms with Gasteiger partial charge in [0.25, 0.3) is 0 Å². The van der Waals surface area contributed by atoms with Crippen molar-refractivity contribution in [3.05, 3.63) is 62.5 Å². The molecule has 1 aromatic carbocycles. The summed E-state index contributed by atoms with van der Waals surface area (Å²) in [5.74, 6) is 1.33. The Morgan fingerprint density at radius 1 is 1.29 bits per heavy atom. The molecule has 3 aromatic rings. The van der Waals surface area contributed by atoms with Crippen molar-refractivity contribution < 1.29 is 9.53 Å². The number of thiophene rings is 1. The number of hydrogen-bond donors (Lipinski definition) is 0. The molecular weight excluding hydrogens is 396 g/mol. The number of halogens is 1. The third-order valence-electron chi connectivity index (χ3n) is 5.33. The third kappa shape index (κ3) is 2.53. The van der Waals surface area contributed by atoms with Crippen LogP contribution in [0.15, 0.2) is 29.3 Å². The Kier molecular flexibility index (Phi) is 4.10. The number of carbonyl (C=O) groups is 1. The van der Waals surface area contributed by atoms with E-state index in [9.17, 15) is 4.79 Å². The fraction of sp³-hybridized carbons (Fsp3) is 0.300. The predicted molar refractivity (Wildman–Crippen MR) is 108 cm³/mol. The van der Waals surface area contributed by atoms with Crippen LogP contribution in [0.2, 0.25) is 5.02 Å². The van der Waals surface area contributed by atoms with Gasteiger partial charge < -0.3 is 4.74 Å². The lowest BCUT2D eigenvalue weighted by Crippen LogP contribution is -2.17. The molecule has 1 aliphatic heterocycles. The van der Waals surface area contributed by atoms with Crippen LogP contribution < -0.4 is 0 Å². The van der Waals surface area contributed by atoms with Gasteiger partial charge in [-0.05, 0) is 31.4 Å². The SMILES string of the molecule is COC(=O)C1Cc2sc3c(c2C1)C(c1ccccc1Cl)=NCc1nnc(C)n1-3. The number of aliphatic imine (C=N–C) groups is 1. The molecule has 0 bridgehead atoms. The van der Waals surface area contributed by atoms with Gasteiger partial charge in [0.2, 0.25) is 0 Å². The highest BCUT2D eigenvalue weighted by Crippen LogP contribution is 2.43. The fourth-order valence-electron chi connectivity index (χ4n) is 4.03. The minimum atomic E-state index is -0.164. The lowest BCUT2D eigenvalue weighted by atomic mass is 9.97. The monoisotopic (exact) mass is 412 g/mol. The molecule has 0 saturated heterocycles. The van der Waals surface area contributed by atoms with Gasteiger partial charge in [-0.2, -0.15) is 0 Å². The van der Waals surface area contributed by atoms with Gasteiger partial charge in [0.1, 0.15) is 17.4 Å². The van der Waals surface area contributed by atoms with E-state index in [1.807, 2.05) is 31.2 Å². The number of hydrogen-bond acceptors (Lipinski definition) is 6. The minimum absolute atomic E-state index is 0.145. The van der Waals surface area contributed by atoms with Crippen LogP contribution in [0.4, 0.5) is 0 Å². The standard InChI is InChI=1S/C20H17ClN4O2S/c1-10-23-24-16-9-22-18(12-5-3-4-6-14(12)21)17-13-7-11(20(26)27-2)8-15(13)28-19(17)25(10)16/h3-6,11H,7-9H2,1-2H3. The Labute approximate surface area is 170 Å². The van der Waals surface area contributed by atoms with Gasteiger partial charge >= 0.3 is 5.97 Å². The van der Waals surface area contributed by atoms with E-state index >= 15 is 0 Å². The summed E-state index contributed by atoms with van der Waals surface area (Å²) in [6.07, 6.45) is 1.33. The molecule has 0 radical (unpaired) electrons. The summed E-state index contributed by atoms with van der Waals surface area (Å²) in [7, 11) is 1.44. The van der Waals surface area contributed by atoms with Crippen LogP contribution in [0.3, 0.4) is 0 Å². The molecule has 0 N–H and O–H groups in total. The van der Waals surface area contributed by atoms with Gasteiger partial charge in [-0.1, -0.05) is 29.8 Å². The average Bonchev–Trinajstić information content (AvgIpc) is 3.33. The van der Waals surface area contributed by atoms with Crippen molar-refractivity contribution in [2.75, 3.05) is 7.11 Å². The molecule has 6 nitrogen and oxygen atoms in total. The van der Waals surface area contributed by atoms with Crippen molar-refractivity contribution in [3.63, 3.8) is 0 Å². The van der Waals surface area contributed by atoms with Crippen molar-refractivity contribution in [1.29, 1.82) is 0 Å². The largest absolute Gasteiger partial charge is 0.469 e. The zero-order chi connectivity index (χ0) is 19.4. The fourth-order valence-corrected chi connectivity index (χ4v) is 5.73. The second kappa shape index (κ2) is 6.53. The van der Waals surface area contributed by atoms with Gasteiger partial charge in [0.15, 0.2) is 5.82 Å². The Hall–Kier alpha value is -2.51. The maximum Gasteiger partial charge on any atom is 0.309 e. The van der Waals surface area contributed by atoms with E-state index in [-0.39, 0.29) is 11.9 Å². The van der Waals surface area contributed by atoms with E-state index in [4.69, 9.17) is 21.3 Å². The Morgan fingerprint density at radius 2 is 2.11 bits per heavy atom. The lowest BCUT2D eigenvalue weighted by Gasteiger charge is -2.12. The first-order chi connectivity index (χ1) is 13.6. The van der Waals surface area contributed by atoms with Crippen molar-refractivity contribution >= 4 is 34.6 Å². The number of carbonyl (C=O) groups excluding carboxylic acids is 1. The Morgan fingerprint density at radius 3 is 2.89 bits per heavy atom. The number of aromatic nitrogens is 3. The molecule has 1 atom stereocenters. The summed E-state index contributed by atoms with van der Waals surface area (Å²) >= 11 is 8.21. The first-order valence-corrected chi connectivity index (χ1v) is 10.2. The van der Waals surface area contributed by atoms with Gasteiger partial charge in [-0.25, -0.2) is 0 Å². The number of rotatable bonds is 2. The number of aryl methyl sites for hydroxylation is 1. The molecule has 2 aromatic heterocycles. The van der Waals surface area contributed by atoms with Crippen molar-refractivity contribution in [2.45, 2.75) is 26.3 Å². The second-order valence-corrected chi connectivity index (χ2v) is 8.45. The van der Waals surface area contributed by atoms with Crippen molar-refractivity contribution in [2.24, 2.45) is 10.9 Å². The maximum atomic E-state index is 12.1. The van der Waals surface area contributed by atoms with Gasteiger partial charge in [0.05, 0.1) is 18.7 Å². The molecule has 0 amide bonds. The first kappa shape index (κ1) is 17.6. The normalized spacial score (nSPS) is 17.4.